The third kappa shape index (κ3) is 4.21. The van der Waals surface area contributed by atoms with Crippen LogP contribution in [0.25, 0.3) is 0 Å². The quantitative estimate of drug-likeness (QED) is 0.885. The molecule has 0 radical (unpaired) electrons. The van der Waals surface area contributed by atoms with Crippen molar-refractivity contribution in [2.45, 2.75) is 19.4 Å². The SMILES string of the molecule is CC(Oc1ccccc1OC(F)(F)F)C(N)=O. The fourth-order valence-electron chi connectivity index (χ4n) is 1.01. The molecule has 0 aliphatic carbocycles. The number of carbonyl (C=O) groups is 1. The van der Waals surface area contributed by atoms with E-state index in [1.165, 1.54) is 25.1 Å². The lowest BCUT2D eigenvalue weighted by Gasteiger charge is -2.16. The molecule has 0 saturated heterocycles. The molecule has 1 aromatic rings. The minimum absolute atomic E-state index is 0.198. The molecule has 1 atom stereocenters. The minimum atomic E-state index is -4.82. The first-order valence-corrected chi connectivity index (χ1v) is 4.60. The summed E-state index contributed by atoms with van der Waals surface area (Å²) in [4.78, 5) is 10.7. The van der Waals surface area contributed by atoms with Crippen molar-refractivity contribution in [1.82, 2.24) is 0 Å². The van der Waals surface area contributed by atoms with Crippen molar-refractivity contribution in [2.75, 3.05) is 0 Å². The van der Waals surface area contributed by atoms with Crippen LogP contribution in [0, 0.1) is 0 Å². The molecule has 1 rings (SSSR count). The van der Waals surface area contributed by atoms with E-state index in [4.69, 9.17) is 10.5 Å². The fourth-order valence-corrected chi connectivity index (χ4v) is 1.01. The Kier molecular flexibility index (Phi) is 3.82. The zero-order valence-electron chi connectivity index (χ0n) is 8.82. The molecule has 0 saturated carbocycles. The lowest BCUT2D eigenvalue weighted by Crippen LogP contribution is -2.31. The van der Waals surface area contributed by atoms with Crippen molar-refractivity contribution in [3.8, 4) is 11.5 Å². The van der Waals surface area contributed by atoms with Crippen molar-refractivity contribution < 1.29 is 27.4 Å². The Hall–Kier alpha value is -1.92. The number of hydrogen-bond donors (Lipinski definition) is 1. The van der Waals surface area contributed by atoms with Gasteiger partial charge in [0.15, 0.2) is 17.6 Å². The Bertz CT molecular complexity index is 406. The summed E-state index contributed by atoms with van der Waals surface area (Å²) in [6.07, 6.45) is -5.87. The summed E-state index contributed by atoms with van der Waals surface area (Å²) in [7, 11) is 0. The van der Waals surface area contributed by atoms with Crippen LogP contribution in [0.1, 0.15) is 6.92 Å². The molecule has 1 unspecified atom stereocenters. The third-order valence-electron chi connectivity index (χ3n) is 1.78. The molecule has 94 valence electrons. The summed E-state index contributed by atoms with van der Waals surface area (Å²) < 4.78 is 44.8. The standard InChI is InChI=1S/C10H10F3NO3/c1-6(9(14)15)16-7-4-2-3-5-8(7)17-10(11,12)13/h2-6H,1H3,(H2,14,15). The van der Waals surface area contributed by atoms with Gasteiger partial charge in [-0.15, -0.1) is 13.2 Å². The molecule has 2 N–H and O–H groups in total. The zero-order valence-corrected chi connectivity index (χ0v) is 8.82. The lowest BCUT2D eigenvalue weighted by atomic mass is 10.3. The number of para-hydroxylation sites is 2. The summed E-state index contributed by atoms with van der Waals surface area (Å²) >= 11 is 0. The van der Waals surface area contributed by atoms with Gasteiger partial charge in [0.05, 0.1) is 0 Å². The van der Waals surface area contributed by atoms with Gasteiger partial charge in [-0.2, -0.15) is 0 Å². The average molecular weight is 249 g/mol. The fraction of sp³-hybridized carbons (Fsp3) is 0.300. The highest BCUT2D eigenvalue weighted by Gasteiger charge is 2.32. The number of halogens is 3. The van der Waals surface area contributed by atoms with Gasteiger partial charge in [-0.3, -0.25) is 4.79 Å². The van der Waals surface area contributed by atoms with Gasteiger partial charge in [0.2, 0.25) is 0 Å². The highest BCUT2D eigenvalue weighted by atomic mass is 19.4. The van der Waals surface area contributed by atoms with Gasteiger partial charge in [-0.05, 0) is 19.1 Å². The van der Waals surface area contributed by atoms with Crippen molar-refractivity contribution in [3.05, 3.63) is 24.3 Å². The second-order valence-corrected chi connectivity index (χ2v) is 3.16. The summed E-state index contributed by atoms with van der Waals surface area (Å²) in [6, 6.07) is 5.13. The zero-order chi connectivity index (χ0) is 13.1. The largest absolute Gasteiger partial charge is 0.573 e. The van der Waals surface area contributed by atoms with Crippen molar-refractivity contribution >= 4 is 5.91 Å². The van der Waals surface area contributed by atoms with Crippen LogP contribution in [-0.2, 0) is 4.79 Å². The molecule has 4 nitrogen and oxygen atoms in total. The molecular formula is C10H10F3NO3. The molecular weight excluding hydrogens is 239 g/mol. The van der Waals surface area contributed by atoms with Gasteiger partial charge < -0.3 is 15.2 Å². The Morgan fingerprint density at radius 2 is 1.82 bits per heavy atom. The number of ether oxygens (including phenoxy) is 2. The van der Waals surface area contributed by atoms with Crippen LogP contribution >= 0.6 is 0 Å². The number of rotatable bonds is 4. The van der Waals surface area contributed by atoms with E-state index in [1.807, 2.05) is 0 Å². The van der Waals surface area contributed by atoms with Crippen LogP contribution in [0.2, 0.25) is 0 Å². The molecule has 0 bridgehead atoms. The first kappa shape index (κ1) is 13.1. The Labute approximate surface area is 95.1 Å². The van der Waals surface area contributed by atoms with E-state index in [0.29, 0.717) is 0 Å². The first-order valence-electron chi connectivity index (χ1n) is 4.60. The Balaban J connectivity index is 2.88. The monoisotopic (exact) mass is 249 g/mol. The minimum Gasteiger partial charge on any atom is -0.477 e. The van der Waals surface area contributed by atoms with E-state index in [0.717, 1.165) is 6.07 Å². The lowest BCUT2D eigenvalue weighted by molar-refractivity contribution is -0.275. The highest BCUT2D eigenvalue weighted by Crippen LogP contribution is 2.32. The first-order chi connectivity index (χ1) is 7.79. The molecule has 0 spiro atoms. The van der Waals surface area contributed by atoms with Crippen LogP contribution in [-0.4, -0.2) is 18.4 Å². The number of benzene rings is 1. The van der Waals surface area contributed by atoms with E-state index in [9.17, 15) is 18.0 Å². The van der Waals surface area contributed by atoms with E-state index in [2.05, 4.69) is 4.74 Å². The highest BCUT2D eigenvalue weighted by molar-refractivity contribution is 5.78. The molecule has 0 fully saturated rings. The van der Waals surface area contributed by atoms with E-state index in [-0.39, 0.29) is 5.75 Å². The van der Waals surface area contributed by atoms with Gasteiger partial charge in [0, 0.05) is 0 Å². The maximum absolute atomic E-state index is 12.0. The van der Waals surface area contributed by atoms with E-state index < -0.39 is 24.1 Å². The normalized spacial score (nSPS) is 12.9. The Morgan fingerprint density at radius 1 is 1.29 bits per heavy atom. The molecule has 7 heteroatoms. The summed E-state index contributed by atoms with van der Waals surface area (Å²) in [5.41, 5.74) is 4.93. The van der Waals surface area contributed by atoms with Gasteiger partial charge in [-0.1, -0.05) is 12.1 Å². The number of hydrogen-bond acceptors (Lipinski definition) is 3. The summed E-state index contributed by atoms with van der Waals surface area (Å²) in [5, 5.41) is 0. The van der Waals surface area contributed by atoms with Crippen LogP contribution in [0.5, 0.6) is 11.5 Å². The second-order valence-electron chi connectivity index (χ2n) is 3.16. The maximum atomic E-state index is 12.0. The second kappa shape index (κ2) is 4.94. The van der Waals surface area contributed by atoms with Gasteiger partial charge >= 0.3 is 6.36 Å². The van der Waals surface area contributed by atoms with Gasteiger partial charge in [0.25, 0.3) is 5.91 Å². The molecule has 1 amide bonds. The molecule has 1 aromatic carbocycles. The third-order valence-corrected chi connectivity index (χ3v) is 1.78. The predicted octanol–water partition coefficient (Wildman–Crippen LogP) is 1.84. The molecule has 0 aliphatic heterocycles. The molecule has 0 aromatic heterocycles. The van der Waals surface area contributed by atoms with Crippen molar-refractivity contribution in [1.29, 1.82) is 0 Å². The number of alkyl halides is 3. The molecule has 0 aliphatic rings. The van der Waals surface area contributed by atoms with E-state index >= 15 is 0 Å². The molecule has 17 heavy (non-hydrogen) atoms. The maximum Gasteiger partial charge on any atom is 0.573 e. The van der Waals surface area contributed by atoms with E-state index in [1.54, 1.807) is 0 Å². The smallest absolute Gasteiger partial charge is 0.477 e. The van der Waals surface area contributed by atoms with Gasteiger partial charge in [-0.25, -0.2) is 0 Å². The van der Waals surface area contributed by atoms with Crippen molar-refractivity contribution in [3.63, 3.8) is 0 Å². The topological polar surface area (TPSA) is 61.6 Å². The van der Waals surface area contributed by atoms with Crippen LogP contribution < -0.4 is 15.2 Å². The predicted molar refractivity (Wildman–Crippen MR) is 52.4 cm³/mol. The van der Waals surface area contributed by atoms with Crippen molar-refractivity contribution in [2.24, 2.45) is 5.73 Å². The number of nitrogens with two attached hydrogens (primary N) is 1. The van der Waals surface area contributed by atoms with Crippen LogP contribution in [0.3, 0.4) is 0 Å². The average Bonchev–Trinajstić information content (AvgIpc) is 2.18. The van der Waals surface area contributed by atoms with Crippen LogP contribution in [0.15, 0.2) is 24.3 Å². The number of amides is 1. The molecule has 0 heterocycles. The number of carbonyl (C=O) groups excluding carboxylic acids is 1. The summed E-state index contributed by atoms with van der Waals surface area (Å²) in [5.74, 6) is -1.50. The van der Waals surface area contributed by atoms with Gasteiger partial charge in [0.1, 0.15) is 0 Å². The number of primary amides is 1. The van der Waals surface area contributed by atoms with Crippen LogP contribution in [0.4, 0.5) is 13.2 Å². The summed E-state index contributed by atoms with van der Waals surface area (Å²) in [6.45, 7) is 1.33. The Morgan fingerprint density at radius 3 is 2.29 bits per heavy atom.